The van der Waals surface area contributed by atoms with Crippen LogP contribution in [0.5, 0.6) is 5.75 Å². The maximum Gasteiger partial charge on any atom is 0.122 e. The van der Waals surface area contributed by atoms with Gasteiger partial charge in [0.15, 0.2) is 0 Å². The summed E-state index contributed by atoms with van der Waals surface area (Å²) < 4.78 is 5.81. The molecule has 3 unspecified atom stereocenters. The maximum absolute atomic E-state index is 5.81. The Morgan fingerprint density at radius 2 is 2.10 bits per heavy atom. The Kier molecular flexibility index (Phi) is 4.26. The summed E-state index contributed by atoms with van der Waals surface area (Å²) in [6, 6.07) is 9.23. The summed E-state index contributed by atoms with van der Waals surface area (Å²) in [7, 11) is 2.14. The van der Waals surface area contributed by atoms with Crippen LogP contribution in [-0.4, -0.2) is 19.7 Å². The standard InChI is InChI=1S/C19H29NO/c1-19(2)11-6-8-16(19)17(20-3)13-14-10-12-21-18-9-5-4-7-15(14)18/h4-5,7,9,14,16-17,20H,6,8,10-13H2,1-3H3. The lowest BCUT2D eigenvalue weighted by atomic mass is 9.74. The third-order valence-corrected chi connectivity index (χ3v) is 5.82. The maximum atomic E-state index is 5.81. The van der Waals surface area contributed by atoms with Crippen molar-refractivity contribution in [1.82, 2.24) is 5.32 Å². The highest BCUT2D eigenvalue weighted by molar-refractivity contribution is 5.37. The molecule has 0 bridgehead atoms. The molecule has 1 heterocycles. The van der Waals surface area contributed by atoms with E-state index in [-0.39, 0.29) is 0 Å². The molecule has 0 aromatic heterocycles. The van der Waals surface area contributed by atoms with Crippen LogP contribution in [0.4, 0.5) is 0 Å². The molecule has 2 nitrogen and oxygen atoms in total. The quantitative estimate of drug-likeness (QED) is 0.888. The molecule has 1 aliphatic carbocycles. The second-order valence-electron chi connectivity index (χ2n) is 7.49. The molecule has 1 aromatic carbocycles. The van der Waals surface area contributed by atoms with E-state index >= 15 is 0 Å². The smallest absolute Gasteiger partial charge is 0.122 e. The fraction of sp³-hybridized carbons (Fsp3) is 0.684. The second-order valence-corrected chi connectivity index (χ2v) is 7.49. The van der Waals surface area contributed by atoms with Gasteiger partial charge in [-0.25, -0.2) is 0 Å². The van der Waals surface area contributed by atoms with Gasteiger partial charge in [-0.1, -0.05) is 38.5 Å². The third-order valence-electron chi connectivity index (χ3n) is 5.82. The summed E-state index contributed by atoms with van der Waals surface area (Å²) in [6.07, 6.45) is 6.54. The van der Waals surface area contributed by atoms with Crippen molar-refractivity contribution >= 4 is 0 Å². The Bertz CT molecular complexity index is 482. The first-order valence-corrected chi connectivity index (χ1v) is 8.51. The normalized spacial score (nSPS) is 28.7. The molecule has 1 saturated carbocycles. The van der Waals surface area contributed by atoms with Crippen molar-refractivity contribution < 1.29 is 4.74 Å². The Morgan fingerprint density at radius 3 is 2.81 bits per heavy atom. The van der Waals surface area contributed by atoms with E-state index in [1.54, 1.807) is 0 Å². The van der Waals surface area contributed by atoms with Gasteiger partial charge in [0.2, 0.25) is 0 Å². The van der Waals surface area contributed by atoms with Gasteiger partial charge >= 0.3 is 0 Å². The molecule has 1 N–H and O–H groups in total. The van der Waals surface area contributed by atoms with Gasteiger partial charge in [0.05, 0.1) is 6.61 Å². The van der Waals surface area contributed by atoms with E-state index in [9.17, 15) is 0 Å². The van der Waals surface area contributed by atoms with Gasteiger partial charge in [0.25, 0.3) is 0 Å². The van der Waals surface area contributed by atoms with Crippen LogP contribution >= 0.6 is 0 Å². The van der Waals surface area contributed by atoms with E-state index in [1.165, 1.54) is 31.2 Å². The van der Waals surface area contributed by atoms with Crippen molar-refractivity contribution in [2.75, 3.05) is 13.7 Å². The summed E-state index contributed by atoms with van der Waals surface area (Å²) in [6.45, 7) is 5.77. The molecule has 21 heavy (non-hydrogen) atoms. The zero-order valence-corrected chi connectivity index (χ0v) is 13.7. The monoisotopic (exact) mass is 287 g/mol. The fourth-order valence-electron chi connectivity index (χ4n) is 4.55. The van der Waals surface area contributed by atoms with E-state index in [0.29, 0.717) is 17.4 Å². The first-order valence-electron chi connectivity index (χ1n) is 8.51. The van der Waals surface area contributed by atoms with Gasteiger partial charge < -0.3 is 10.1 Å². The summed E-state index contributed by atoms with van der Waals surface area (Å²) in [5.41, 5.74) is 1.90. The minimum Gasteiger partial charge on any atom is -0.493 e. The van der Waals surface area contributed by atoms with Crippen LogP contribution in [0.25, 0.3) is 0 Å². The van der Waals surface area contributed by atoms with Gasteiger partial charge in [0, 0.05) is 6.04 Å². The highest BCUT2D eigenvalue weighted by Crippen LogP contribution is 2.47. The topological polar surface area (TPSA) is 21.3 Å². The largest absolute Gasteiger partial charge is 0.493 e. The van der Waals surface area contributed by atoms with Crippen LogP contribution in [-0.2, 0) is 0 Å². The third kappa shape index (κ3) is 2.96. The Labute approximate surface area is 129 Å². The molecule has 0 amide bonds. The van der Waals surface area contributed by atoms with Gasteiger partial charge in [-0.05, 0) is 61.6 Å². The van der Waals surface area contributed by atoms with E-state index in [0.717, 1.165) is 24.7 Å². The number of para-hydroxylation sites is 1. The van der Waals surface area contributed by atoms with Crippen LogP contribution in [0.3, 0.4) is 0 Å². The summed E-state index contributed by atoms with van der Waals surface area (Å²) in [4.78, 5) is 0. The van der Waals surface area contributed by atoms with Crippen LogP contribution in [0.15, 0.2) is 24.3 Å². The number of hydrogen-bond donors (Lipinski definition) is 1. The first-order chi connectivity index (χ1) is 10.1. The Balaban J connectivity index is 1.76. The van der Waals surface area contributed by atoms with Crippen molar-refractivity contribution in [1.29, 1.82) is 0 Å². The molecule has 0 spiro atoms. The number of ether oxygens (including phenoxy) is 1. The summed E-state index contributed by atoms with van der Waals surface area (Å²) >= 11 is 0. The number of rotatable bonds is 4. The molecular weight excluding hydrogens is 258 g/mol. The minimum absolute atomic E-state index is 0.484. The van der Waals surface area contributed by atoms with E-state index in [1.807, 2.05) is 0 Å². The van der Waals surface area contributed by atoms with Crippen molar-refractivity contribution in [2.45, 2.75) is 57.9 Å². The van der Waals surface area contributed by atoms with Crippen molar-refractivity contribution in [2.24, 2.45) is 11.3 Å². The average molecular weight is 287 g/mol. The summed E-state index contributed by atoms with van der Waals surface area (Å²) in [5, 5.41) is 3.64. The predicted molar refractivity (Wildman–Crippen MR) is 87.9 cm³/mol. The van der Waals surface area contributed by atoms with Crippen LogP contribution < -0.4 is 10.1 Å². The van der Waals surface area contributed by atoms with E-state index in [2.05, 4.69) is 50.5 Å². The molecule has 1 aliphatic heterocycles. The second kappa shape index (κ2) is 6.00. The van der Waals surface area contributed by atoms with Crippen molar-refractivity contribution in [3.8, 4) is 5.75 Å². The van der Waals surface area contributed by atoms with Crippen LogP contribution in [0, 0.1) is 11.3 Å². The molecule has 2 aliphatic rings. The number of benzene rings is 1. The van der Waals surface area contributed by atoms with Crippen molar-refractivity contribution in [3.05, 3.63) is 29.8 Å². The molecule has 0 radical (unpaired) electrons. The lowest BCUT2D eigenvalue weighted by Crippen LogP contribution is -2.40. The SMILES string of the molecule is CNC(CC1CCOc2ccccc21)C1CCCC1(C)C. The molecule has 116 valence electrons. The Morgan fingerprint density at radius 1 is 1.29 bits per heavy atom. The average Bonchev–Trinajstić information content (AvgIpc) is 2.84. The highest BCUT2D eigenvalue weighted by atomic mass is 16.5. The number of nitrogens with one attached hydrogen (secondary N) is 1. The van der Waals surface area contributed by atoms with Gasteiger partial charge in [0.1, 0.15) is 5.75 Å². The zero-order chi connectivity index (χ0) is 14.9. The van der Waals surface area contributed by atoms with E-state index < -0.39 is 0 Å². The van der Waals surface area contributed by atoms with E-state index in [4.69, 9.17) is 4.74 Å². The molecule has 1 aromatic rings. The number of hydrogen-bond acceptors (Lipinski definition) is 2. The van der Waals surface area contributed by atoms with Gasteiger partial charge in [-0.2, -0.15) is 0 Å². The van der Waals surface area contributed by atoms with Crippen LogP contribution in [0.1, 0.15) is 57.4 Å². The van der Waals surface area contributed by atoms with Crippen LogP contribution in [0.2, 0.25) is 0 Å². The lowest BCUT2D eigenvalue weighted by Gasteiger charge is -2.37. The fourth-order valence-corrected chi connectivity index (χ4v) is 4.55. The predicted octanol–water partition coefficient (Wildman–Crippen LogP) is 4.36. The first kappa shape index (κ1) is 14.9. The van der Waals surface area contributed by atoms with Crippen molar-refractivity contribution in [3.63, 3.8) is 0 Å². The van der Waals surface area contributed by atoms with Gasteiger partial charge in [-0.3, -0.25) is 0 Å². The highest BCUT2D eigenvalue weighted by Gasteiger charge is 2.40. The molecule has 0 saturated heterocycles. The lowest BCUT2D eigenvalue weighted by molar-refractivity contribution is 0.178. The molecular formula is C19H29NO. The minimum atomic E-state index is 0.484. The molecule has 3 atom stereocenters. The van der Waals surface area contributed by atoms with Gasteiger partial charge in [-0.15, -0.1) is 0 Å². The molecule has 2 heteroatoms. The Hall–Kier alpha value is -1.02. The summed E-state index contributed by atoms with van der Waals surface area (Å²) in [5.74, 6) is 2.55. The zero-order valence-electron chi connectivity index (χ0n) is 13.7. The molecule has 3 rings (SSSR count). The molecule has 1 fully saturated rings. The number of fused-ring (bicyclic) bond motifs is 1.